The second-order valence-electron chi connectivity index (χ2n) is 2.47. The maximum atomic E-state index is 11.4. The van der Waals surface area contributed by atoms with Crippen molar-refractivity contribution in [1.82, 2.24) is 0 Å². The van der Waals surface area contributed by atoms with Crippen LogP contribution in [0.1, 0.15) is 20.8 Å². The fourth-order valence-electron chi connectivity index (χ4n) is 0.671. The van der Waals surface area contributed by atoms with Crippen LogP contribution in [0.5, 0.6) is 0 Å². The van der Waals surface area contributed by atoms with Crippen molar-refractivity contribution in [3.63, 3.8) is 0 Å². The Hall–Kier alpha value is 0.350. The fourth-order valence-corrected chi connectivity index (χ4v) is 2.01. The van der Waals surface area contributed by atoms with Gasteiger partial charge in [0.05, 0.1) is 0 Å². The molecule has 0 spiro atoms. The Morgan fingerprint density at radius 1 is 0.889 bits per heavy atom. The van der Waals surface area contributed by atoms with Crippen molar-refractivity contribution in [2.75, 3.05) is 18.5 Å². The Morgan fingerprint density at radius 3 is 1.11 bits per heavy atom. The van der Waals surface area contributed by atoms with E-state index in [2.05, 4.69) is 0 Å². The summed E-state index contributed by atoms with van der Waals surface area (Å²) in [5.74, 6) is 0. The molecule has 0 rings (SSSR count). The molecule has 0 N–H and O–H groups in total. The molecule has 3 heteroatoms. The van der Waals surface area contributed by atoms with Crippen molar-refractivity contribution < 1.29 is 9.79 Å². The second-order valence-corrected chi connectivity index (χ2v) is 7.41. The van der Waals surface area contributed by atoms with E-state index < -0.39 is 7.06 Å². The minimum absolute atomic E-state index is 0.304. The summed E-state index contributed by atoms with van der Waals surface area (Å²) in [5.41, 5.74) is 0. The third-order valence-corrected chi connectivity index (χ3v) is 6.35. The van der Waals surface area contributed by atoms with Crippen molar-refractivity contribution in [3.8, 4) is 0 Å². The van der Waals surface area contributed by atoms with Gasteiger partial charge in [-0.3, -0.25) is 0 Å². The molecule has 58 valence electrons. The van der Waals surface area contributed by atoms with E-state index in [1.807, 2.05) is 0 Å². The van der Waals surface area contributed by atoms with Crippen molar-refractivity contribution in [2.24, 2.45) is 0 Å². The molecule has 0 unspecified atom stereocenters. The Labute approximate surface area is 57.0 Å². The molecule has 0 fully saturated rings. The maximum absolute atomic E-state index is 11.4. The van der Waals surface area contributed by atoms with Gasteiger partial charge in [-0.15, -0.1) is 0 Å². The Kier molecular flexibility index (Phi) is 2.63. The van der Waals surface area contributed by atoms with Crippen molar-refractivity contribution in [3.05, 3.63) is 0 Å². The Bertz CT molecular complexity index is 82.2. The molecule has 2 nitrogen and oxygen atoms in total. The summed E-state index contributed by atoms with van der Waals surface area (Å²) in [6.07, 6.45) is 0.913. The molecule has 0 aliphatic heterocycles. The van der Waals surface area contributed by atoms with Crippen LogP contribution in [0.25, 0.3) is 0 Å². The van der Waals surface area contributed by atoms with Crippen LogP contribution in [-0.2, 0) is 0 Å². The predicted molar refractivity (Wildman–Crippen MR) is 38.5 cm³/mol. The molecule has 0 saturated carbocycles. The van der Waals surface area contributed by atoms with Gasteiger partial charge in [-0.05, 0) is 0 Å². The van der Waals surface area contributed by atoms with Crippen LogP contribution in [0.4, 0.5) is 0 Å². The first-order valence-corrected chi connectivity index (χ1v) is 6.06. The second kappa shape index (κ2) is 2.53. The zero-order chi connectivity index (χ0) is 7.57. The third-order valence-electron chi connectivity index (χ3n) is 2.12. The number of rotatable bonds is 3. The molecular weight excluding hydrogens is 135 g/mol. The van der Waals surface area contributed by atoms with Gasteiger partial charge in [0.25, 0.3) is 0 Å². The molecular formula is C6H15O2P-2. The first-order valence-electron chi connectivity index (χ1n) is 3.44. The topological polar surface area (TPSA) is 46.1 Å². The average Bonchev–Trinajstić information content (AvgIpc) is 1.90. The van der Waals surface area contributed by atoms with Crippen LogP contribution in [-0.4, -0.2) is 18.5 Å². The molecule has 0 radical (unpaired) electrons. The van der Waals surface area contributed by atoms with Crippen LogP contribution >= 0.6 is 7.06 Å². The monoisotopic (exact) mass is 150 g/mol. The van der Waals surface area contributed by atoms with Gasteiger partial charge >= 0.3 is 56.1 Å². The zero-order valence-electron chi connectivity index (χ0n) is 6.39. The summed E-state index contributed by atoms with van der Waals surface area (Å²) in [7, 11) is -3.63. The van der Waals surface area contributed by atoms with Gasteiger partial charge in [-0.1, -0.05) is 0 Å². The third kappa shape index (κ3) is 2.21. The van der Waals surface area contributed by atoms with E-state index in [0.29, 0.717) is 18.5 Å². The van der Waals surface area contributed by atoms with Gasteiger partial charge in [-0.25, -0.2) is 0 Å². The Morgan fingerprint density at radius 2 is 1.11 bits per heavy atom. The zero-order valence-corrected chi connectivity index (χ0v) is 7.28. The predicted octanol–water partition coefficient (Wildman–Crippen LogP) is 0.150. The van der Waals surface area contributed by atoms with Crippen molar-refractivity contribution >= 4 is 7.06 Å². The molecule has 0 aromatic carbocycles. The van der Waals surface area contributed by atoms with Crippen LogP contribution in [0, 0.1) is 0 Å². The van der Waals surface area contributed by atoms with Crippen LogP contribution in [0.2, 0.25) is 0 Å². The van der Waals surface area contributed by atoms with Gasteiger partial charge in [0.2, 0.25) is 0 Å². The van der Waals surface area contributed by atoms with Gasteiger partial charge in [0.15, 0.2) is 0 Å². The van der Waals surface area contributed by atoms with E-state index in [1.165, 1.54) is 0 Å². The molecule has 0 aliphatic rings. The summed E-state index contributed by atoms with van der Waals surface area (Å²) < 4.78 is 0. The van der Waals surface area contributed by atoms with Gasteiger partial charge in [-0.2, -0.15) is 0 Å². The summed E-state index contributed by atoms with van der Waals surface area (Å²) in [6.45, 7) is 5.14. The first kappa shape index (κ1) is 9.35. The summed E-state index contributed by atoms with van der Waals surface area (Å²) in [5, 5.41) is 0. The molecule has 0 amide bonds. The van der Waals surface area contributed by atoms with E-state index in [-0.39, 0.29) is 0 Å². The van der Waals surface area contributed by atoms with Gasteiger partial charge in [0, 0.05) is 0 Å². The van der Waals surface area contributed by atoms with E-state index >= 15 is 0 Å². The molecule has 0 aromatic heterocycles. The minimum atomic E-state index is -3.63. The molecule has 9 heavy (non-hydrogen) atoms. The summed E-state index contributed by atoms with van der Waals surface area (Å²) in [6, 6.07) is 0. The molecule has 0 aliphatic carbocycles. The molecule has 0 heterocycles. The quantitative estimate of drug-likeness (QED) is 0.537. The number of hydrogen-bond acceptors (Lipinski definition) is 2. The van der Waals surface area contributed by atoms with Crippen LogP contribution in [0.3, 0.4) is 0 Å². The van der Waals surface area contributed by atoms with Crippen molar-refractivity contribution in [2.45, 2.75) is 20.8 Å². The van der Waals surface area contributed by atoms with Gasteiger partial charge in [0.1, 0.15) is 0 Å². The summed E-state index contributed by atoms with van der Waals surface area (Å²) >= 11 is 0. The Balaban J connectivity index is 4.20. The van der Waals surface area contributed by atoms with E-state index in [1.54, 1.807) is 20.8 Å². The molecule has 0 saturated heterocycles. The average molecular weight is 150 g/mol. The number of hydrogen-bond donors (Lipinski definition) is 0. The SMILES string of the molecule is CCP([O-])([O-])(CC)CC. The van der Waals surface area contributed by atoms with Crippen molar-refractivity contribution in [1.29, 1.82) is 0 Å². The van der Waals surface area contributed by atoms with E-state index in [9.17, 15) is 9.79 Å². The molecule has 0 bridgehead atoms. The molecule has 0 aromatic rings. The summed E-state index contributed by atoms with van der Waals surface area (Å²) in [4.78, 5) is 22.7. The van der Waals surface area contributed by atoms with E-state index in [0.717, 1.165) is 0 Å². The first-order chi connectivity index (χ1) is 3.96. The van der Waals surface area contributed by atoms with E-state index in [4.69, 9.17) is 0 Å². The standard InChI is InChI=1S/C6H15O2P/c1-4-9(7,8,5-2)6-3/h4-6H2,1-3H3/q-2. The van der Waals surface area contributed by atoms with Gasteiger partial charge < -0.3 is 0 Å². The molecule has 0 atom stereocenters. The fraction of sp³-hybridized carbons (Fsp3) is 1.00. The van der Waals surface area contributed by atoms with Crippen LogP contribution in [0.15, 0.2) is 0 Å². The van der Waals surface area contributed by atoms with Crippen LogP contribution < -0.4 is 9.79 Å². The normalized spacial score (nSPS) is 16.8.